The molecule has 0 radical (unpaired) electrons. The molecule has 2 N–H and O–H groups in total. The lowest BCUT2D eigenvalue weighted by atomic mass is 10.0. The number of hydrogen-bond donors (Lipinski definition) is 2. The Kier molecular flexibility index (Phi) is 5.08. The summed E-state index contributed by atoms with van der Waals surface area (Å²) >= 11 is 0. The van der Waals surface area contributed by atoms with Crippen molar-refractivity contribution in [3.63, 3.8) is 0 Å². The van der Waals surface area contributed by atoms with Crippen molar-refractivity contribution >= 4 is 10.8 Å². The molecule has 0 aromatic heterocycles. The summed E-state index contributed by atoms with van der Waals surface area (Å²) in [6, 6.07) is 15.3. The fraction of sp³-hybridized carbons (Fsp3) is 0.474. The molecule has 0 amide bonds. The van der Waals surface area contributed by atoms with Crippen LogP contribution in [0.3, 0.4) is 0 Å². The first-order chi connectivity index (χ1) is 10.7. The first-order valence-electron chi connectivity index (χ1n) is 8.35. The molecule has 1 fully saturated rings. The smallest absolute Gasteiger partial charge is 0.0791 e. The van der Waals surface area contributed by atoms with E-state index in [2.05, 4.69) is 59.6 Å². The summed E-state index contributed by atoms with van der Waals surface area (Å²) in [6.07, 6.45) is 2.25. The van der Waals surface area contributed by atoms with Crippen LogP contribution in [0.5, 0.6) is 0 Å². The van der Waals surface area contributed by atoms with E-state index in [0.29, 0.717) is 6.54 Å². The van der Waals surface area contributed by atoms with Crippen molar-refractivity contribution in [1.29, 1.82) is 0 Å². The molecule has 3 rings (SSSR count). The molecule has 1 aliphatic rings. The third kappa shape index (κ3) is 3.86. The van der Waals surface area contributed by atoms with E-state index in [-0.39, 0.29) is 12.1 Å². The number of hydrogen-bond acceptors (Lipinski definition) is 3. The van der Waals surface area contributed by atoms with Gasteiger partial charge in [-0.1, -0.05) is 36.4 Å². The Balaban J connectivity index is 1.54. The number of rotatable bonds is 6. The SMILES string of the molecule is CC(NCC(O)CN1CCCC1)c1ccc2ccccc2c1. The van der Waals surface area contributed by atoms with Gasteiger partial charge in [0.2, 0.25) is 0 Å². The molecular weight excluding hydrogens is 272 g/mol. The van der Waals surface area contributed by atoms with E-state index in [4.69, 9.17) is 0 Å². The Hall–Kier alpha value is -1.42. The molecule has 0 spiro atoms. The van der Waals surface area contributed by atoms with Crippen LogP contribution in [0.2, 0.25) is 0 Å². The number of nitrogens with zero attached hydrogens (tertiary/aromatic N) is 1. The van der Waals surface area contributed by atoms with E-state index in [1.54, 1.807) is 0 Å². The molecule has 1 heterocycles. The molecule has 2 unspecified atom stereocenters. The average molecular weight is 298 g/mol. The van der Waals surface area contributed by atoms with Gasteiger partial charge in [0.15, 0.2) is 0 Å². The highest BCUT2D eigenvalue weighted by molar-refractivity contribution is 5.83. The Morgan fingerprint density at radius 1 is 1.09 bits per heavy atom. The standard InChI is InChI=1S/C19H26N2O/c1-15(20-13-19(22)14-21-10-4-5-11-21)17-9-8-16-6-2-3-7-18(16)12-17/h2-3,6-9,12,15,19-20,22H,4-5,10-11,13-14H2,1H3. The van der Waals surface area contributed by atoms with Gasteiger partial charge in [0.25, 0.3) is 0 Å². The summed E-state index contributed by atoms with van der Waals surface area (Å²) in [7, 11) is 0. The maximum absolute atomic E-state index is 10.2. The van der Waals surface area contributed by atoms with Gasteiger partial charge in [-0.2, -0.15) is 0 Å². The van der Waals surface area contributed by atoms with Crippen LogP contribution in [0.15, 0.2) is 42.5 Å². The molecule has 22 heavy (non-hydrogen) atoms. The number of β-amino-alcohol motifs (C(OH)–C–C–N with tert-alkyl or cyclic N) is 1. The maximum Gasteiger partial charge on any atom is 0.0791 e. The third-order valence-corrected chi connectivity index (χ3v) is 4.60. The van der Waals surface area contributed by atoms with E-state index >= 15 is 0 Å². The van der Waals surface area contributed by atoms with Crippen molar-refractivity contribution in [3.8, 4) is 0 Å². The van der Waals surface area contributed by atoms with Crippen molar-refractivity contribution in [1.82, 2.24) is 10.2 Å². The number of benzene rings is 2. The molecule has 0 saturated carbocycles. The second-order valence-electron chi connectivity index (χ2n) is 6.40. The van der Waals surface area contributed by atoms with Crippen molar-refractivity contribution in [2.45, 2.75) is 31.9 Å². The summed E-state index contributed by atoms with van der Waals surface area (Å²) in [5.41, 5.74) is 1.27. The first-order valence-corrected chi connectivity index (χ1v) is 8.35. The molecule has 2 aromatic carbocycles. The lowest BCUT2D eigenvalue weighted by Gasteiger charge is -2.22. The van der Waals surface area contributed by atoms with Crippen LogP contribution in [0.1, 0.15) is 31.4 Å². The largest absolute Gasteiger partial charge is 0.390 e. The zero-order chi connectivity index (χ0) is 15.4. The predicted octanol–water partition coefficient (Wildman–Crippen LogP) is 2.95. The summed E-state index contributed by atoms with van der Waals surface area (Å²) in [5.74, 6) is 0. The fourth-order valence-corrected chi connectivity index (χ4v) is 3.24. The van der Waals surface area contributed by atoms with Gasteiger partial charge in [0.1, 0.15) is 0 Å². The molecule has 3 heteroatoms. The molecule has 0 aliphatic carbocycles. The summed E-state index contributed by atoms with van der Waals surface area (Å²) < 4.78 is 0. The van der Waals surface area contributed by atoms with Gasteiger partial charge >= 0.3 is 0 Å². The fourth-order valence-electron chi connectivity index (χ4n) is 3.24. The van der Waals surface area contributed by atoms with Crippen LogP contribution in [-0.2, 0) is 0 Å². The van der Waals surface area contributed by atoms with E-state index in [1.807, 2.05) is 0 Å². The van der Waals surface area contributed by atoms with Crippen molar-refractivity contribution in [2.24, 2.45) is 0 Å². The van der Waals surface area contributed by atoms with Gasteiger partial charge < -0.3 is 15.3 Å². The minimum absolute atomic E-state index is 0.248. The molecule has 118 valence electrons. The Bertz CT molecular complexity index is 607. The van der Waals surface area contributed by atoms with Gasteiger partial charge in [-0.15, -0.1) is 0 Å². The molecule has 2 atom stereocenters. The second kappa shape index (κ2) is 7.23. The minimum atomic E-state index is -0.291. The quantitative estimate of drug-likeness (QED) is 0.860. The Morgan fingerprint density at radius 2 is 1.82 bits per heavy atom. The number of aliphatic hydroxyl groups excluding tert-OH is 1. The molecule has 2 aromatic rings. The van der Waals surface area contributed by atoms with Crippen molar-refractivity contribution in [2.75, 3.05) is 26.2 Å². The first kappa shape index (κ1) is 15.5. The van der Waals surface area contributed by atoms with Crippen LogP contribution >= 0.6 is 0 Å². The Labute approximate surface area is 132 Å². The van der Waals surface area contributed by atoms with Crippen molar-refractivity contribution in [3.05, 3.63) is 48.0 Å². The average Bonchev–Trinajstić information content (AvgIpc) is 3.05. The summed E-state index contributed by atoms with van der Waals surface area (Å²) in [6.45, 7) is 5.86. The lowest BCUT2D eigenvalue weighted by molar-refractivity contribution is 0.121. The highest BCUT2D eigenvalue weighted by atomic mass is 16.3. The van der Waals surface area contributed by atoms with E-state index in [9.17, 15) is 5.11 Å². The number of nitrogens with one attached hydrogen (secondary N) is 1. The lowest BCUT2D eigenvalue weighted by Crippen LogP contribution is -2.37. The second-order valence-corrected chi connectivity index (χ2v) is 6.40. The number of aliphatic hydroxyl groups is 1. The van der Waals surface area contributed by atoms with Crippen LogP contribution in [0.25, 0.3) is 10.8 Å². The van der Waals surface area contributed by atoms with Gasteiger partial charge in [0.05, 0.1) is 6.10 Å². The highest BCUT2D eigenvalue weighted by Gasteiger charge is 2.16. The van der Waals surface area contributed by atoms with Gasteiger partial charge in [-0.25, -0.2) is 0 Å². The maximum atomic E-state index is 10.2. The number of likely N-dealkylation sites (tertiary alicyclic amines) is 1. The highest BCUT2D eigenvalue weighted by Crippen LogP contribution is 2.20. The normalized spacial score (nSPS) is 18.6. The van der Waals surface area contributed by atoms with Crippen LogP contribution in [0.4, 0.5) is 0 Å². The van der Waals surface area contributed by atoms with Gasteiger partial charge in [-0.3, -0.25) is 0 Å². The summed E-state index contributed by atoms with van der Waals surface area (Å²) in [4.78, 5) is 2.35. The third-order valence-electron chi connectivity index (χ3n) is 4.60. The molecule has 1 saturated heterocycles. The summed E-state index contributed by atoms with van der Waals surface area (Å²) in [5, 5.41) is 16.2. The Morgan fingerprint density at radius 3 is 2.59 bits per heavy atom. The van der Waals surface area contributed by atoms with Gasteiger partial charge in [0, 0.05) is 19.1 Å². The predicted molar refractivity (Wildman–Crippen MR) is 92.0 cm³/mol. The molecule has 1 aliphatic heterocycles. The van der Waals surface area contributed by atoms with Crippen LogP contribution in [0, 0.1) is 0 Å². The topological polar surface area (TPSA) is 35.5 Å². The van der Waals surface area contributed by atoms with Gasteiger partial charge in [-0.05, 0) is 55.3 Å². The van der Waals surface area contributed by atoms with Crippen molar-refractivity contribution < 1.29 is 5.11 Å². The molecule has 0 bridgehead atoms. The molecular formula is C19H26N2O. The van der Waals surface area contributed by atoms with Crippen LogP contribution < -0.4 is 5.32 Å². The zero-order valence-corrected chi connectivity index (χ0v) is 13.3. The monoisotopic (exact) mass is 298 g/mol. The van der Waals surface area contributed by atoms with Crippen LogP contribution in [-0.4, -0.2) is 42.3 Å². The minimum Gasteiger partial charge on any atom is -0.390 e. The van der Waals surface area contributed by atoms with E-state index < -0.39 is 0 Å². The van der Waals surface area contributed by atoms with E-state index in [0.717, 1.165) is 19.6 Å². The molecule has 3 nitrogen and oxygen atoms in total. The number of fused-ring (bicyclic) bond motifs is 1. The van der Waals surface area contributed by atoms with E-state index in [1.165, 1.54) is 29.2 Å². The zero-order valence-electron chi connectivity index (χ0n) is 13.3.